The molecule has 0 bridgehead atoms. The highest BCUT2D eigenvalue weighted by atomic mass is 15.2. The fourth-order valence-electron chi connectivity index (χ4n) is 3.32. The van der Waals surface area contributed by atoms with Gasteiger partial charge in [0.05, 0.1) is 0 Å². The van der Waals surface area contributed by atoms with Crippen LogP contribution in [0.1, 0.15) is 45.4 Å². The maximum Gasteiger partial charge on any atom is 0.00984 e. The lowest BCUT2D eigenvalue weighted by atomic mass is 9.93. The Labute approximate surface area is 94.2 Å². The predicted octanol–water partition coefficient (Wildman–Crippen LogP) is 2.24. The molecule has 0 spiro atoms. The van der Waals surface area contributed by atoms with Crippen LogP contribution in [0.15, 0.2) is 0 Å². The average molecular weight is 210 g/mol. The second-order valence-electron chi connectivity index (χ2n) is 5.46. The van der Waals surface area contributed by atoms with E-state index in [2.05, 4.69) is 11.8 Å². The molecule has 2 nitrogen and oxygen atoms in total. The van der Waals surface area contributed by atoms with Crippen molar-refractivity contribution in [3.63, 3.8) is 0 Å². The van der Waals surface area contributed by atoms with Crippen LogP contribution in [0.4, 0.5) is 0 Å². The molecule has 1 heterocycles. The first-order valence-electron chi connectivity index (χ1n) is 6.77. The molecule has 88 valence electrons. The van der Waals surface area contributed by atoms with Crippen LogP contribution >= 0.6 is 0 Å². The Morgan fingerprint density at radius 3 is 2.33 bits per heavy atom. The lowest BCUT2D eigenvalue weighted by Crippen LogP contribution is -2.40. The van der Waals surface area contributed by atoms with E-state index in [-0.39, 0.29) is 0 Å². The lowest BCUT2D eigenvalue weighted by Gasteiger charge is -2.35. The van der Waals surface area contributed by atoms with Crippen molar-refractivity contribution in [2.24, 2.45) is 17.6 Å². The van der Waals surface area contributed by atoms with Gasteiger partial charge in [0.1, 0.15) is 0 Å². The number of likely N-dealkylation sites (tertiary alicyclic amines) is 1. The van der Waals surface area contributed by atoms with Gasteiger partial charge in [-0.05, 0) is 63.6 Å². The van der Waals surface area contributed by atoms with E-state index in [9.17, 15) is 0 Å². The summed E-state index contributed by atoms with van der Waals surface area (Å²) >= 11 is 0. The zero-order valence-corrected chi connectivity index (χ0v) is 10.1. The Hall–Kier alpha value is -0.0800. The van der Waals surface area contributed by atoms with Gasteiger partial charge in [-0.1, -0.05) is 13.3 Å². The molecule has 2 heteroatoms. The molecule has 2 rings (SSSR count). The monoisotopic (exact) mass is 210 g/mol. The van der Waals surface area contributed by atoms with E-state index in [1.165, 1.54) is 51.6 Å². The second kappa shape index (κ2) is 5.31. The topological polar surface area (TPSA) is 29.3 Å². The van der Waals surface area contributed by atoms with Gasteiger partial charge < -0.3 is 10.6 Å². The average Bonchev–Trinajstić information content (AvgIpc) is 2.78. The second-order valence-corrected chi connectivity index (χ2v) is 5.46. The van der Waals surface area contributed by atoms with Gasteiger partial charge in [0.2, 0.25) is 0 Å². The molecule has 2 atom stereocenters. The van der Waals surface area contributed by atoms with Gasteiger partial charge in [0, 0.05) is 6.04 Å². The van der Waals surface area contributed by atoms with Crippen molar-refractivity contribution in [1.29, 1.82) is 0 Å². The van der Waals surface area contributed by atoms with Crippen LogP contribution in [0.5, 0.6) is 0 Å². The summed E-state index contributed by atoms with van der Waals surface area (Å²) in [5.41, 5.74) is 5.75. The van der Waals surface area contributed by atoms with Crippen LogP contribution < -0.4 is 5.73 Å². The zero-order chi connectivity index (χ0) is 10.7. The maximum atomic E-state index is 5.75. The Bertz CT molecular complexity index is 185. The highest BCUT2D eigenvalue weighted by Crippen LogP contribution is 2.31. The van der Waals surface area contributed by atoms with E-state index in [0.29, 0.717) is 0 Å². The molecule has 2 aliphatic rings. The van der Waals surface area contributed by atoms with E-state index in [1.807, 2.05) is 0 Å². The van der Waals surface area contributed by atoms with E-state index >= 15 is 0 Å². The predicted molar refractivity (Wildman–Crippen MR) is 64.8 cm³/mol. The lowest BCUT2D eigenvalue weighted by molar-refractivity contribution is 0.130. The molecule has 2 fully saturated rings. The summed E-state index contributed by atoms with van der Waals surface area (Å²) in [5.74, 6) is 1.83. The molecule has 1 saturated heterocycles. The summed E-state index contributed by atoms with van der Waals surface area (Å²) in [6.07, 6.45) is 8.38. The number of hydrogen-bond donors (Lipinski definition) is 1. The molecule has 15 heavy (non-hydrogen) atoms. The van der Waals surface area contributed by atoms with Crippen molar-refractivity contribution in [2.75, 3.05) is 19.6 Å². The molecule has 1 aliphatic heterocycles. The fourth-order valence-corrected chi connectivity index (χ4v) is 3.32. The molecule has 0 aromatic carbocycles. The fraction of sp³-hybridized carbons (Fsp3) is 1.00. The third-order valence-electron chi connectivity index (χ3n) is 4.59. The van der Waals surface area contributed by atoms with Crippen LogP contribution in [-0.2, 0) is 0 Å². The van der Waals surface area contributed by atoms with Crippen molar-refractivity contribution < 1.29 is 0 Å². The SMILES string of the molecule is CCC1CCN(C2CCC(CN)C2)CC1. The number of rotatable bonds is 3. The Balaban J connectivity index is 1.76. The van der Waals surface area contributed by atoms with Crippen molar-refractivity contribution in [3.05, 3.63) is 0 Å². The first-order chi connectivity index (χ1) is 7.33. The van der Waals surface area contributed by atoms with Crippen LogP contribution in [0.3, 0.4) is 0 Å². The number of nitrogens with zero attached hydrogens (tertiary/aromatic N) is 1. The summed E-state index contributed by atoms with van der Waals surface area (Å²) < 4.78 is 0. The van der Waals surface area contributed by atoms with E-state index in [4.69, 9.17) is 5.73 Å². The van der Waals surface area contributed by atoms with Crippen LogP contribution in [0.2, 0.25) is 0 Å². The summed E-state index contributed by atoms with van der Waals surface area (Å²) in [6.45, 7) is 5.93. The van der Waals surface area contributed by atoms with Crippen LogP contribution in [0.25, 0.3) is 0 Å². The van der Waals surface area contributed by atoms with E-state index in [1.54, 1.807) is 0 Å². The molecule has 2 N–H and O–H groups in total. The van der Waals surface area contributed by atoms with Crippen molar-refractivity contribution in [2.45, 2.75) is 51.5 Å². The summed E-state index contributed by atoms with van der Waals surface area (Å²) in [6, 6.07) is 0.872. The molecule has 0 aromatic heterocycles. The highest BCUT2D eigenvalue weighted by Gasteiger charge is 2.30. The van der Waals surface area contributed by atoms with E-state index in [0.717, 1.165) is 24.4 Å². The molecule has 0 amide bonds. The first kappa shape index (κ1) is 11.4. The molecular formula is C13H26N2. The third-order valence-corrected chi connectivity index (χ3v) is 4.59. The molecule has 0 aromatic rings. The van der Waals surface area contributed by atoms with Crippen molar-refractivity contribution in [3.8, 4) is 0 Å². The normalized spacial score (nSPS) is 34.8. The number of piperidine rings is 1. The molecular weight excluding hydrogens is 184 g/mol. The van der Waals surface area contributed by atoms with Gasteiger partial charge in [-0.15, -0.1) is 0 Å². The Morgan fingerprint density at radius 1 is 1.07 bits per heavy atom. The molecule has 1 saturated carbocycles. The van der Waals surface area contributed by atoms with Gasteiger partial charge in [0.15, 0.2) is 0 Å². The summed E-state index contributed by atoms with van der Waals surface area (Å²) in [5, 5.41) is 0. The van der Waals surface area contributed by atoms with Crippen molar-refractivity contribution >= 4 is 0 Å². The molecule has 0 radical (unpaired) electrons. The Morgan fingerprint density at radius 2 is 1.80 bits per heavy atom. The molecule has 2 unspecified atom stereocenters. The zero-order valence-electron chi connectivity index (χ0n) is 10.1. The largest absolute Gasteiger partial charge is 0.330 e. The summed E-state index contributed by atoms with van der Waals surface area (Å²) in [4.78, 5) is 2.74. The minimum Gasteiger partial charge on any atom is -0.330 e. The standard InChI is InChI=1S/C13H26N2/c1-2-11-5-7-15(8-6-11)13-4-3-12(9-13)10-14/h11-13H,2-10,14H2,1H3. The quantitative estimate of drug-likeness (QED) is 0.774. The van der Waals surface area contributed by atoms with Gasteiger partial charge in [-0.25, -0.2) is 0 Å². The third kappa shape index (κ3) is 2.73. The Kier molecular flexibility index (Phi) is 4.04. The van der Waals surface area contributed by atoms with Gasteiger partial charge in [-0.2, -0.15) is 0 Å². The summed E-state index contributed by atoms with van der Waals surface area (Å²) in [7, 11) is 0. The van der Waals surface area contributed by atoms with Gasteiger partial charge >= 0.3 is 0 Å². The minimum atomic E-state index is 0.818. The van der Waals surface area contributed by atoms with E-state index < -0.39 is 0 Å². The van der Waals surface area contributed by atoms with Gasteiger partial charge in [-0.3, -0.25) is 0 Å². The number of hydrogen-bond acceptors (Lipinski definition) is 2. The van der Waals surface area contributed by atoms with Crippen LogP contribution in [0, 0.1) is 11.8 Å². The van der Waals surface area contributed by atoms with Gasteiger partial charge in [0.25, 0.3) is 0 Å². The minimum absolute atomic E-state index is 0.818. The molecule has 1 aliphatic carbocycles. The van der Waals surface area contributed by atoms with Crippen LogP contribution in [-0.4, -0.2) is 30.6 Å². The highest BCUT2D eigenvalue weighted by molar-refractivity contribution is 4.85. The maximum absolute atomic E-state index is 5.75. The number of nitrogens with two attached hydrogens (primary N) is 1. The van der Waals surface area contributed by atoms with Crippen molar-refractivity contribution in [1.82, 2.24) is 4.90 Å². The first-order valence-corrected chi connectivity index (χ1v) is 6.77. The smallest absolute Gasteiger partial charge is 0.00984 e.